The number of ether oxygens (including phenoxy) is 4. The van der Waals surface area contributed by atoms with E-state index < -0.39 is 5.79 Å². The zero-order valence-corrected chi connectivity index (χ0v) is 17.8. The van der Waals surface area contributed by atoms with Gasteiger partial charge in [0, 0.05) is 11.8 Å². The Labute approximate surface area is 169 Å². The largest absolute Gasteiger partial charge is 0.497 e. The Morgan fingerprint density at radius 3 is 2.54 bits per heavy atom. The van der Waals surface area contributed by atoms with E-state index in [1.807, 2.05) is 12.1 Å². The van der Waals surface area contributed by atoms with Gasteiger partial charge in [-0.1, -0.05) is 26.0 Å². The van der Waals surface area contributed by atoms with E-state index in [2.05, 4.69) is 26.5 Å². The van der Waals surface area contributed by atoms with Crippen LogP contribution in [-0.2, 0) is 15.9 Å². The average molecular weight is 387 g/mol. The molecule has 0 radical (unpaired) electrons. The van der Waals surface area contributed by atoms with Gasteiger partial charge in [-0.3, -0.25) is 0 Å². The van der Waals surface area contributed by atoms with Gasteiger partial charge in [-0.05, 0) is 67.2 Å². The highest BCUT2D eigenvalue weighted by Gasteiger charge is 2.64. The summed E-state index contributed by atoms with van der Waals surface area (Å²) in [5, 5.41) is 0. The molecule has 3 atom stereocenters. The molecule has 0 amide bonds. The number of allylic oxidation sites excluding steroid dienone is 1. The van der Waals surface area contributed by atoms with E-state index >= 15 is 0 Å². The Bertz CT molecular complexity index is 751. The van der Waals surface area contributed by atoms with Crippen molar-refractivity contribution in [2.45, 2.75) is 58.2 Å². The van der Waals surface area contributed by atoms with Crippen molar-refractivity contribution in [1.82, 2.24) is 0 Å². The fourth-order valence-corrected chi connectivity index (χ4v) is 6.33. The van der Waals surface area contributed by atoms with Crippen molar-refractivity contribution < 1.29 is 18.9 Å². The lowest BCUT2D eigenvalue weighted by molar-refractivity contribution is -0.285. The molecule has 3 aliphatic rings. The van der Waals surface area contributed by atoms with E-state index in [-0.39, 0.29) is 10.8 Å². The van der Waals surface area contributed by atoms with E-state index in [1.165, 1.54) is 17.6 Å². The van der Waals surface area contributed by atoms with Gasteiger partial charge in [-0.25, -0.2) is 0 Å². The molecule has 0 N–H and O–H groups in total. The van der Waals surface area contributed by atoms with Gasteiger partial charge in [0.25, 0.3) is 0 Å². The standard InChI is InChI=1S/C24H34O4/c1-17-10-12-23(3)21(7-6-11-24(23)27-13-14-28-24)22(17,2)16-18-15-19(25-4)8-9-20(18)26-5/h8-9,15,21H,1,6-7,10-14,16H2,2-5H3/t21-,22+,23-/m0/s1. The van der Waals surface area contributed by atoms with Crippen LogP contribution in [0.4, 0.5) is 0 Å². The highest BCUT2D eigenvalue weighted by molar-refractivity contribution is 5.42. The maximum Gasteiger partial charge on any atom is 0.174 e. The monoisotopic (exact) mass is 386 g/mol. The molecule has 0 unspecified atom stereocenters. The molecule has 0 aromatic heterocycles. The van der Waals surface area contributed by atoms with Crippen LogP contribution in [0.25, 0.3) is 0 Å². The summed E-state index contributed by atoms with van der Waals surface area (Å²) >= 11 is 0. The summed E-state index contributed by atoms with van der Waals surface area (Å²) in [4.78, 5) is 0. The van der Waals surface area contributed by atoms with Crippen LogP contribution in [0.1, 0.15) is 51.5 Å². The maximum atomic E-state index is 6.32. The summed E-state index contributed by atoms with van der Waals surface area (Å²) in [5.74, 6) is 1.83. The summed E-state index contributed by atoms with van der Waals surface area (Å²) < 4.78 is 23.8. The topological polar surface area (TPSA) is 36.9 Å². The Kier molecular flexibility index (Phi) is 4.99. The molecule has 3 fully saturated rings. The smallest absolute Gasteiger partial charge is 0.174 e. The predicted octanol–water partition coefficient (Wildman–Crippen LogP) is 5.15. The third kappa shape index (κ3) is 2.80. The van der Waals surface area contributed by atoms with Crippen LogP contribution in [-0.4, -0.2) is 33.2 Å². The Balaban J connectivity index is 1.74. The second-order valence-corrected chi connectivity index (χ2v) is 9.19. The van der Waals surface area contributed by atoms with Crippen molar-refractivity contribution in [1.29, 1.82) is 0 Å². The first kappa shape index (κ1) is 19.8. The molecule has 4 heteroatoms. The molecule has 154 valence electrons. The number of methoxy groups -OCH3 is 2. The van der Waals surface area contributed by atoms with E-state index in [1.54, 1.807) is 14.2 Å². The molecule has 28 heavy (non-hydrogen) atoms. The lowest BCUT2D eigenvalue weighted by Gasteiger charge is -2.61. The Morgan fingerprint density at radius 1 is 1.11 bits per heavy atom. The van der Waals surface area contributed by atoms with Crippen LogP contribution in [0.2, 0.25) is 0 Å². The summed E-state index contributed by atoms with van der Waals surface area (Å²) in [6.45, 7) is 10.8. The first-order valence-corrected chi connectivity index (χ1v) is 10.6. The van der Waals surface area contributed by atoms with E-state index in [9.17, 15) is 0 Å². The molecular weight excluding hydrogens is 352 g/mol. The lowest BCUT2D eigenvalue weighted by Crippen LogP contribution is -2.60. The molecule has 2 saturated carbocycles. The summed E-state index contributed by atoms with van der Waals surface area (Å²) in [7, 11) is 3.45. The van der Waals surface area contributed by atoms with Gasteiger partial charge in [0.15, 0.2) is 5.79 Å². The number of hydrogen-bond acceptors (Lipinski definition) is 4. The first-order valence-electron chi connectivity index (χ1n) is 10.6. The molecule has 1 spiro atoms. The number of rotatable bonds is 4. The highest BCUT2D eigenvalue weighted by atomic mass is 16.7. The highest BCUT2D eigenvalue weighted by Crippen LogP contribution is 2.65. The van der Waals surface area contributed by atoms with Crippen LogP contribution in [0.15, 0.2) is 30.4 Å². The molecule has 0 bridgehead atoms. The average Bonchev–Trinajstić information content (AvgIpc) is 3.17. The zero-order chi connectivity index (χ0) is 20.0. The molecule has 4 rings (SSSR count). The molecule has 4 nitrogen and oxygen atoms in total. The molecule has 2 aliphatic carbocycles. The van der Waals surface area contributed by atoms with Gasteiger partial charge < -0.3 is 18.9 Å². The molecule has 1 aliphatic heterocycles. The van der Waals surface area contributed by atoms with Gasteiger partial charge in [0.1, 0.15) is 11.5 Å². The van der Waals surface area contributed by atoms with Gasteiger partial charge in [0.2, 0.25) is 0 Å². The Hall–Kier alpha value is -1.52. The molecule has 1 aromatic carbocycles. The van der Waals surface area contributed by atoms with Crippen molar-refractivity contribution in [2.24, 2.45) is 16.7 Å². The van der Waals surface area contributed by atoms with Crippen LogP contribution in [0, 0.1) is 16.7 Å². The Morgan fingerprint density at radius 2 is 1.86 bits per heavy atom. The van der Waals surface area contributed by atoms with Crippen molar-refractivity contribution in [3.63, 3.8) is 0 Å². The summed E-state index contributed by atoms with van der Waals surface area (Å²) in [6, 6.07) is 6.08. The normalized spacial score (nSPS) is 34.3. The number of fused-ring (bicyclic) bond motifs is 2. The SMILES string of the molecule is C=C1CC[C@@]2(C)[C@@H](CCCC23OCCO3)[C@]1(C)Cc1cc(OC)ccc1OC. The minimum Gasteiger partial charge on any atom is -0.497 e. The van der Waals surface area contributed by atoms with Crippen LogP contribution >= 0.6 is 0 Å². The van der Waals surface area contributed by atoms with Gasteiger partial charge in [-0.15, -0.1) is 0 Å². The van der Waals surface area contributed by atoms with Gasteiger partial charge in [0.05, 0.1) is 27.4 Å². The lowest BCUT2D eigenvalue weighted by atomic mass is 9.47. The van der Waals surface area contributed by atoms with Crippen LogP contribution in [0.5, 0.6) is 11.5 Å². The molecular formula is C24H34O4. The summed E-state index contributed by atoms with van der Waals surface area (Å²) in [5.41, 5.74) is 2.50. The predicted molar refractivity (Wildman–Crippen MR) is 110 cm³/mol. The minimum absolute atomic E-state index is 0.00376. The molecule has 1 heterocycles. The molecule has 1 aromatic rings. The van der Waals surface area contributed by atoms with E-state index in [0.29, 0.717) is 19.1 Å². The first-order chi connectivity index (χ1) is 13.4. The summed E-state index contributed by atoms with van der Waals surface area (Å²) in [6.07, 6.45) is 6.32. The third-order valence-electron chi connectivity index (χ3n) is 7.96. The van der Waals surface area contributed by atoms with Crippen molar-refractivity contribution >= 4 is 0 Å². The fraction of sp³-hybridized carbons (Fsp3) is 0.667. The van der Waals surface area contributed by atoms with Crippen LogP contribution < -0.4 is 9.47 Å². The van der Waals surface area contributed by atoms with Crippen molar-refractivity contribution in [3.8, 4) is 11.5 Å². The minimum atomic E-state index is -0.420. The van der Waals surface area contributed by atoms with Crippen molar-refractivity contribution in [2.75, 3.05) is 27.4 Å². The fourth-order valence-electron chi connectivity index (χ4n) is 6.33. The van der Waals surface area contributed by atoms with Gasteiger partial charge in [-0.2, -0.15) is 0 Å². The number of benzene rings is 1. The third-order valence-corrected chi connectivity index (χ3v) is 7.96. The maximum absolute atomic E-state index is 6.32. The molecule has 1 saturated heterocycles. The quantitative estimate of drug-likeness (QED) is 0.671. The second-order valence-electron chi connectivity index (χ2n) is 9.19. The number of hydrogen-bond donors (Lipinski definition) is 0. The van der Waals surface area contributed by atoms with E-state index in [0.717, 1.165) is 43.6 Å². The van der Waals surface area contributed by atoms with Gasteiger partial charge >= 0.3 is 0 Å². The van der Waals surface area contributed by atoms with E-state index in [4.69, 9.17) is 18.9 Å². The zero-order valence-electron chi connectivity index (χ0n) is 17.8. The second kappa shape index (κ2) is 7.07. The van der Waals surface area contributed by atoms with Crippen LogP contribution in [0.3, 0.4) is 0 Å². The van der Waals surface area contributed by atoms with Crippen molar-refractivity contribution in [3.05, 3.63) is 35.9 Å².